The minimum atomic E-state index is -0.575. The van der Waals surface area contributed by atoms with Crippen LogP contribution in [0, 0.1) is 17.0 Å². The molecular weight excluding hydrogens is 262 g/mol. The molecule has 0 bridgehead atoms. The number of anilines is 1. The fourth-order valence-corrected chi connectivity index (χ4v) is 1.61. The summed E-state index contributed by atoms with van der Waals surface area (Å²) in [6.45, 7) is 1.70. The van der Waals surface area contributed by atoms with Crippen LogP contribution >= 0.6 is 0 Å². The van der Waals surface area contributed by atoms with E-state index in [1.165, 1.54) is 24.4 Å². The van der Waals surface area contributed by atoms with Gasteiger partial charge >= 0.3 is 5.69 Å². The zero-order chi connectivity index (χ0) is 14.7. The number of aromatic nitrogens is 1. The Hall–Kier alpha value is -2.83. The molecular formula is C13H13N3O4. The van der Waals surface area contributed by atoms with Crippen molar-refractivity contribution in [2.75, 3.05) is 12.4 Å². The molecule has 0 aliphatic heterocycles. The summed E-state index contributed by atoms with van der Waals surface area (Å²) >= 11 is 0. The Bertz CT molecular complexity index is 658. The SMILES string of the molecule is CNc1ccc(Oc2ncc(C)cc2[N+](=O)[O-])c(O)c1. The van der Waals surface area contributed by atoms with Gasteiger partial charge in [0.05, 0.1) is 4.92 Å². The Labute approximate surface area is 115 Å². The average molecular weight is 275 g/mol. The van der Waals surface area contributed by atoms with E-state index in [0.717, 1.165) is 0 Å². The number of hydrogen-bond acceptors (Lipinski definition) is 6. The van der Waals surface area contributed by atoms with Crippen LogP contribution in [0.3, 0.4) is 0 Å². The van der Waals surface area contributed by atoms with E-state index in [-0.39, 0.29) is 23.1 Å². The maximum absolute atomic E-state index is 11.0. The van der Waals surface area contributed by atoms with Crippen LogP contribution < -0.4 is 10.1 Å². The van der Waals surface area contributed by atoms with Gasteiger partial charge in [0.1, 0.15) is 0 Å². The fourth-order valence-electron chi connectivity index (χ4n) is 1.61. The van der Waals surface area contributed by atoms with Gasteiger partial charge in [-0.25, -0.2) is 4.98 Å². The van der Waals surface area contributed by atoms with E-state index in [0.29, 0.717) is 11.3 Å². The molecule has 0 fully saturated rings. The van der Waals surface area contributed by atoms with Gasteiger partial charge in [-0.1, -0.05) is 0 Å². The van der Waals surface area contributed by atoms with Gasteiger partial charge in [-0.15, -0.1) is 0 Å². The Kier molecular flexibility index (Phi) is 3.69. The molecule has 0 radical (unpaired) electrons. The third-order valence-electron chi connectivity index (χ3n) is 2.62. The standard InChI is InChI=1S/C13H13N3O4/c1-8-5-10(16(18)19)13(15-7-8)20-12-4-3-9(14-2)6-11(12)17/h3-7,14,17H,1-2H3. The molecule has 1 aromatic carbocycles. The Balaban J connectivity index is 2.37. The molecule has 7 heteroatoms. The number of aryl methyl sites for hydroxylation is 1. The minimum absolute atomic E-state index is 0.100. The molecule has 0 aliphatic rings. The summed E-state index contributed by atoms with van der Waals surface area (Å²) in [6.07, 6.45) is 1.46. The molecule has 0 saturated carbocycles. The molecule has 0 aliphatic carbocycles. The van der Waals surface area contributed by atoms with Gasteiger partial charge in [-0.2, -0.15) is 0 Å². The molecule has 20 heavy (non-hydrogen) atoms. The first-order valence-corrected chi connectivity index (χ1v) is 5.81. The van der Waals surface area contributed by atoms with E-state index < -0.39 is 4.92 Å². The number of hydrogen-bond donors (Lipinski definition) is 2. The second kappa shape index (κ2) is 5.43. The molecule has 0 saturated heterocycles. The number of nitro groups is 1. The van der Waals surface area contributed by atoms with Crippen molar-refractivity contribution in [3.8, 4) is 17.4 Å². The Morgan fingerprint density at radius 2 is 2.15 bits per heavy atom. The second-order valence-corrected chi connectivity index (χ2v) is 4.13. The normalized spacial score (nSPS) is 10.1. The van der Waals surface area contributed by atoms with Crippen molar-refractivity contribution in [1.29, 1.82) is 0 Å². The summed E-state index contributed by atoms with van der Waals surface area (Å²) in [5.74, 6) is -0.190. The van der Waals surface area contributed by atoms with Gasteiger partial charge in [0.2, 0.25) is 0 Å². The number of phenols is 1. The zero-order valence-electron chi connectivity index (χ0n) is 11.0. The molecule has 0 unspecified atom stereocenters. The molecule has 2 aromatic rings. The fraction of sp³-hybridized carbons (Fsp3) is 0.154. The van der Waals surface area contributed by atoms with Gasteiger partial charge in [0.15, 0.2) is 11.5 Å². The predicted octanol–water partition coefficient (Wildman–Crippen LogP) is 2.84. The van der Waals surface area contributed by atoms with E-state index >= 15 is 0 Å². The highest BCUT2D eigenvalue weighted by Crippen LogP contribution is 2.35. The van der Waals surface area contributed by atoms with Crippen molar-refractivity contribution in [3.05, 3.63) is 46.1 Å². The van der Waals surface area contributed by atoms with E-state index in [1.807, 2.05) is 0 Å². The van der Waals surface area contributed by atoms with E-state index in [1.54, 1.807) is 20.0 Å². The number of rotatable bonds is 4. The largest absolute Gasteiger partial charge is 0.504 e. The monoisotopic (exact) mass is 275 g/mol. The van der Waals surface area contributed by atoms with Crippen LogP contribution in [-0.4, -0.2) is 22.1 Å². The molecule has 0 atom stereocenters. The van der Waals surface area contributed by atoms with E-state index in [2.05, 4.69) is 10.3 Å². The number of ether oxygens (including phenoxy) is 1. The molecule has 2 N–H and O–H groups in total. The topological polar surface area (TPSA) is 97.5 Å². The molecule has 1 heterocycles. The summed E-state index contributed by atoms with van der Waals surface area (Å²) in [5.41, 5.74) is 1.10. The number of phenolic OH excluding ortho intramolecular Hbond substituents is 1. The van der Waals surface area contributed by atoms with Gasteiger partial charge in [-0.05, 0) is 24.6 Å². The van der Waals surface area contributed by atoms with Crippen LogP contribution in [-0.2, 0) is 0 Å². The van der Waals surface area contributed by atoms with Crippen LogP contribution in [0.25, 0.3) is 0 Å². The van der Waals surface area contributed by atoms with Crippen LogP contribution in [0.5, 0.6) is 17.4 Å². The molecule has 7 nitrogen and oxygen atoms in total. The van der Waals surface area contributed by atoms with Gasteiger partial charge < -0.3 is 15.2 Å². The highest BCUT2D eigenvalue weighted by atomic mass is 16.6. The molecule has 2 rings (SSSR count). The first-order chi connectivity index (χ1) is 9.51. The van der Waals surface area contributed by atoms with Crippen LogP contribution in [0.1, 0.15) is 5.56 Å². The van der Waals surface area contributed by atoms with Crippen LogP contribution in [0.2, 0.25) is 0 Å². The highest BCUT2D eigenvalue weighted by molar-refractivity contribution is 5.55. The van der Waals surface area contributed by atoms with Crippen LogP contribution in [0.4, 0.5) is 11.4 Å². The van der Waals surface area contributed by atoms with Crippen LogP contribution in [0.15, 0.2) is 30.5 Å². The van der Waals surface area contributed by atoms with Gasteiger partial charge in [-0.3, -0.25) is 10.1 Å². The molecule has 0 amide bonds. The van der Waals surface area contributed by atoms with Crippen molar-refractivity contribution in [2.45, 2.75) is 6.92 Å². The average Bonchev–Trinajstić information content (AvgIpc) is 2.42. The Morgan fingerprint density at radius 3 is 2.75 bits per heavy atom. The molecule has 104 valence electrons. The summed E-state index contributed by atoms with van der Waals surface area (Å²) in [5, 5.41) is 23.6. The maximum atomic E-state index is 11.0. The van der Waals surface area contributed by atoms with Crippen molar-refractivity contribution in [2.24, 2.45) is 0 Å². The lowest BCUT2D eigenvalue weighted by Crippen LogP contribution is -1.97. The first-order valence-electron chi connectivity index (χ1n) is 5.81. The number of nitrogens with zero attached hydrogens (tertiary/aromatic N) is 2. The quantitative estimate of drug-likeness (QED) is 0.657. The van der Waals surface area contributed by atoms with Gasteiger partial charge in [0, 0.05) is 31.1 Å². The number of nitrogens with one attached hydrogen (secondary N) is 1. The molecule has 0 spiro atoms. The minimum Gasteiger partial charge on any atom is -0.504 e. The lowest BCUT2D eigenvalue weighted by atomic mass is 10.2. The third kappa shape index (κ3) is 2.77. The first kappa shape index (κ1) is 13.6. The molecule has 1 aromatic heterocycles. The smallest absolute Gasteiger partial charge is 0.331 e. The highest BCUT2D eigenvalue weighted by Gasteiger charge is 2.19. The lowest BCUT2D eigenvalue weighted by Gasteiger charge is -2.08. The number of benzene rings is 1. The summed E-state index contributed by atoms with van der Waals surface area (Å²) in [4.78, 5) is 14.3. The second-order valence-electron chi connectivity index (χ2n) is 4.13. The number of pyridine rings is 1. The zero-order valence-corrected chi connectivity index (χ0v) is 11.0. The van der Waals surface area contributed by atoms with Gasteiger partial charge in [0.25, 0.3) is 5.88 Å². The predicted molar refractivity (Wildman–Crippen MR) is 73.4 cm³/mol. The number of aromatic hydroxyl groups is 1. The van der Waals surface area contributed by atoms with E-state index in [9.17, 15) is 15.2 Å². The lowest BCUT2D eigenvalue weighted by molar-refractivity contribution is -0.386. The summed E-state index contributed by atoms with van der Waals surface area (Å²) < 4.78 is 5.33. The maximum Gasteiger partial charge on any atom is 0.331 e. The van der Waals surface area contributed by atoms with Crippen molar-refractivity contribution >= 4 is 11.4 Å². The van der Waals surface area contributed by atoms with Crippen molar-refractivity contribution < 1.29 is 14.8 Å². The van der Waals surface area contributed by atoms with E-state index in [4.69, 9.17) is 4.74 Å². The third-order valence-corrected chi connectivity index (χ3v) is 2.62. The Morgan fingerprint density at radius 1 is 1.40 bits per heavy atom. The van der Waals surface area contributed by atoms with Crippen molar-refractivity contribution in [3.63, 3.8) is 0 Å². The summed E-state index contributed by atoms with van der Waals surface area (Å²) in [6, 6.07) is 6.00. The summed E-state index contributed by atoms with van der Waals surface area (Å²) in [7, 11) is 1.71. The van der Waals surface area contributed by atoms with Crippen molar-refractivity contribution in [1.82, 2.24) is 4.98 Å².